The first-order chi connectivity index (χ1) is 11.6. The molecule has 0 heterocycles. The van der Waals surface area contributed by atoms with Gasteiger partial charge >= 0.3 is 0 Å². The highest BCUT2D eigenvalue weighted by Gasteiger charge is 2.64. The van der Waals surface area contributed by atoms with Crippen LogP contribution in [0, 0.1) is 22.1 Å². The van der Waals surface area contributed by atoms with Crippen LogP contribution in [0.1, 0.15) is 64.9 Å². The maximum Gasteiger partial charge on any atom is 0.188 e. The Balaban J connectivity index is 1.87. The first-order valence-corrected chi connectivity index (χ1v) is 10.0. The Morgan fingerprint density at radius 1 is 0.960 bits per heavy atom. The molecule has 0 aliphatic heterocycles. The third-order valence-corrected chi connectivity index (χ3v) is 7.35. The average molecular weight is 411 g/mol. The molecule has 0 unspecified atom stereocenters. The van der Waals surface area contributed by atoms with Crippen LogP contribution in [0.4, 0.5) is 4.39 Å². The molecule has 0 atom stereocenters. The molecule has 4 saturated carbocycles. The zero-order chi connectivity index (χ0) is 18.1. The zero-order valence-corrected chi connectivity index (χ0v) is 17.3. The summed E-state index contributed by atoms with van der Waals surface area (Å²) in [6, 6.07) is 3.22. The largest absolute Gasteiger partial charge is 0.466 e. The maximum absolute atomic E-state index is 14.4. The lowest BCUT2D eigenvalue weighted by Crippen LogP contribution is -2.60. The Morgan fingerprint density at radius 2 is 1.48 bits per heavy atom. The van der Waals surface area contributed by atoms with Gasteiger partial charge in [0.25, 0.3) is 0 Å². The standard InChI is InChI=1S/C21H28BrFO2/c1-18-7-19(2)9-20(3,8-18)12-21(10-18,11-19)15-5-14(23)6-16(22)17(15)25-13-24-4/h5-6H,7-13H2,1-4H3. The molecular formula is C21H28BrFO2. The fourth-order valence-electron chi connectivity index (χ4n) is 7.80. The molecule has 0 radical (unpaired) electrons. The lowest BCUT2D eigenvalue weighted by Gasteiger charge is -2.69. The number of benzene rings is 1. The summed E-state index contributed by atoms with van der Waals surface area (Å²) < 4.78 is 26.1. The Kier molecular flexibility index (Phi) is 3.88. The van der Waals surface area contributed by atoms with E-state index in [9.17, 15) is 4.39 Å². The van der Waals surface area contributed by atoms with Crippen LogP contribution < -0.4 is 4.74 Å². The molecule has 1 aromatic carbocycles. The third-order valence-electron chi connectivity index (χ3n) is 6.76. The summed E-state index contributed by atoms with van der Waals surface area (Å²) in [5.74, 6) is 0.573. The fourth-order valence-corrected chi connectivity index (χ4v) is 8.34. The van der Waals surface area contributed by atoms with E-state index in [0.29, 0.717) is 20.7 Å². The van der Waals surface area contributed by atoms with Gasteiger partial charge in [0, 0.05) is 18.1 Å². The van der Waals surface area contributed by atoms with Gasteiger partial charge in [-0.15, -0.1) is 0 Å². The Labute approximate surface area is 158 Å². The Hall–Kier alpha value is -0.610. The van der Waals surface area contributed by atoms with Gasteiger partial charge in [-0.2, -0.15) is 0 Å². The van der Waals surface area contributed by atoms with Gasteiger partial charge in [-0.1, -0.05) is 20.8 Å². The lowest BCUT2D eigenvalue weighted by molar-refractivity contribution is -0.152. The van der Waals surface area contributed by atoms with Crippen LogP contribution in [0.25, 0.3) is 0 Å². The molecule has 4 fully saturated rings. The molecule has 4 aliphatic carbocycles. The van der Waals surface area contributed by atoms with Crippen molar-refractivity contribution in [3.8, 4) is 5.75 Å². The van der Waals surface area contributed by atoms with Crippen LogP contribution >= 0.6 is 15.9 Å². The zero-order valence-electron chi connectivity index (χ0n) is 15.7. The first kappa shape index (κ1) is 17.8. The second-order valence-corrected chi connectivity index (χ2v) is 10.9. The van der Waals surface area contributed by atoms with E-state index in [2.05, 4.69) is 36.7 Å². The molecular weight excluding hydrogens is 383 g/mol. The predicted octanol–water partition coefficient (Wildman–Crippen LogP) is 6.21. The SMILES string of the molecule is COCOc1c(Br)cc(F)cc1C12CC3(C)CC(C)(CC(C)(C3)C1)C2. The topological polar surface area (TPSA) is 18.5 Å². The van der Waals surface area contributed by atoms with E-state index in [4.69, 9.17) is 9.47 Å². The number of methoxy groups -OCH3 is 1. The molecule has 4 aliphatic rings. The Bertz CT molecular complexity index is 663. The number of ether oxygens (including phenoxy) is 2. The van der Waals surface area contributed by atoms with Crippen molar-refractivity contribution >= 4 is 15.9 Å². The normalized spacial score (nSPS) is 42.0. The molecule has 0 aromatic heterocycles. The minimum Gasteiger partial charge on any atom is -0.466 e. The van der Waals surface area contributed by atoms with Gasteiger partial charge in [0.2, 0.25) is 0 Å². The van der Waals surface area contributed by atoms with Crippen molar-refractivity contribution in [3.63, 3.8) is 0 Å². The monoisotopic (exact) mass is 410 g/mol. The van der Waals surface area contributed by atoms with Gasteiger partial charge in [-0.05, 0) is 82.8 Å². The van der Waals surface area contributed by atoms with E-state index in [1.807, 2.05) is 0 Å². The van der Waals surface area contributed by atoms with Crippen LogP contribution in [0.2, 0.25) is 0 Å². The number of rotatable bonds is 4. The maximum atomic E-state index is 14.4. The highest BCUT2D eigenvalue weighted by molar-refractivity contribution is 9.10. The lowest BCUT2D eigenvalue weighted by atomic mass is 9.35. The van der Waals surface area contributed by atoms with Crippen molar-refractivity contribution in [1.29, 1.82) is 0 Å². The molecule has 25 heavy (non-hydrogen) atoms. The van der Waals surface area contributed by atoms with E-state index in [0.717, 1.165) is 30.6 Å². The summed E-state index contributed by atoms with van der Waals surface area (Å²) in [6.45, 7) is 7.51. The molecule has 0 N–H and O–H groups in total. The van der Waals surface area contributed by atoms with Gasteiger partial charge < -0.3 is 9.47 Å². The van der Waals surface area contributed by atoms with Crippen molar-refractivity contribution in [2.75, 3.05) is 13.9 Å². The molecule has 5 rings (SSSR count). The van der Waals surface area contributed by atoms with E-state index in [-0.39, 0.29) is 18.0 Å². The first-order valence-electron chi connectivity index (χ1n) is 9.22. The summed E-state index contributed by atoms with van der Waals surface area (Å²) >= 11 is 3.53. The van der Waals surface area contributed by atoms with Gasteiger partial charge in [0.05, 0.1) is 4.47 Å². The van der Waals surface area contributed by atoms with Crippen molar-refractivity contribution in [3.05, 3.63) is 28.0 Å². The van der Waals surface area contributed by atoms with E-state index in [1.54, 1.807) is 13.2 Å². The van der Waals surface area contributed by atoms with Gasteiger partial charge in [-0.25, -0.2) is 4.39 Å². The van der Waals surface area contributed by atoms with Crippen molar-refractivity contribution < 1.29 is 13.9 Å². The summed E-state index contributed by atoms with van der Waals surface area (Å²) in [7, 11) is 1.62. The molecule has 4 heteroatoms. The minimum absolute atomic E-state index is 0.000689. The minimum atomic E-state index is -0.192. The van der Waals surface area contributed by atoms with Crippen LogP contribution in [0.15, 0.2) is 16.6 Å². The second-order valence-electron chi connectivity index (χ2n) is 10.1. The highest BCUT2D eigenvalue weighted by Crippen LogP contribution is 2.74. The Morgan fingerprint density at radius 3 is 1.96 bits per heavy atom. The number of hydrogen-bond donors (Lipinski definition) is 0. The van der Waals surface area contributed by atoms with E-state index >= 15 is 0 Å². The van der Waals surface area contributed by atoms with Crippen LogP contribution in [-0.2, 0) is 10.2 Å². The number of halogens is 2. The van der Waals surface area contributed by atoms with E-state index < -0.39 is 0 Å². The van der Waals surface area contributed by atoms with Crippen LogP contribution in [0.3, 0.4) is 0 Å². The predicted molar refractivity (Wildman–Crippen MR) is 100 cm³/mol. The number of hydrogen-bond acceptors (Lipinski definition) is 2. The van der Waals surface area contributed by atoms with Crippen molar-refractivity contribution in [2.24, 2.45) is 16.2 Å². The summed E-state index contributed by atoms with van der Waals surface area (Å²) in [5.41, 5.74) is 2.07. The average Bonchev–Trinajstić information content (AvgIpc) is 2.40. The van der Waals surface area contributed by atoms with Gasteiger partial charge in [-0.3, -0.25) is 0 Å². The summed E-state index contributed by atoms with van der Waals surface area (Å²) in [5, 5.41) is 0. The quantitative estimate of drug-likeness (QED) is 0.549. The van der Waals surface area contributed by atoms with Crippen LogP contribution in [-0.4, -0.2) is 13.9 Å². The molecule has 138 valence electrons. The third kappa shape index (κ3) is 2.84. The van der Waals surface area contributed by atoms with Crippen molar-refractivity contribution in [1.82, 2.24) is 0 Å². The molecule has 4 bridgehead atoms. The second kappa shape index (κ2) is 5.45. The fraction of sp³-hybridized carbons (Fsp3) is 0.714. The van der Waals surface area contributed by atoms with E-state index in [1.165, 1.54) is 25.3 Å². The van der Waals surface area contributed by atoms with Gasteiger partial charge in [0.15, 0.2) is 6.79 Å². The summed E-state index contributed by atoms with van der Waals surface area (Å²) in [6.07, 6.45) is 7.27. The van der Waals surface area contributed by atoms with Gasteiger partial charge in [0.1, 0.15) is 11.6 Å². The highest BCUT2D eigenvalue weighted by atomic mass is 79.9. The molecule has 1 aromatic rings. The molecule has 0 spiro atoms. The van der Waals surface area contributed by atoms with Crippen LogP contribution in [0.5, 0.6) is 5.75 Å². The van der Waals surface area contributed by atoms with Crippen molar-refractivity contribution in [2.45, 2.75) is 64.7 Å². The molecule has 0 amide bonds. The summed E-state index contributed by atoms with van der Waals surface area (Å²) in [4.78, 5) is 0. The molecule has 2 nitrogen and oxygen atoms in total. The molecule has 0 saturated heterocycles. The smallest absolute Gasteiger partial charge is 0.188 e.